The van der Waals surface area contributed by atoms with Crippen LogP contribution in [0, 0.1) is 20.2 Å². The fraction of sp³-hybridized carbons (Fsp3) is 0. The van der Waals surface area contributed by atoms with Crippen molar-refractivity contribution in [3.05, 3.63) is 78.9 Å². The summed E-state index contributed by atoms with van der Waals surface area (Å²) in [6.07, 6.45) is 0. The molecule has 2 aromatic carbocycles. The Morgan fingerprint density at radius 1 is 0.773 bits per heavy atom. The highest BCUT2D eigenvalue weighted by molar-refractivity contribution is 6.29. The molecule has 0 atom stereocenters. The minimum Gasteiger partial charge on any atom is -0.289 e. The molecule has 0 fully saturated rings. The molecule has 3 rings (SSSR count). The first kappa shape index (κ1) is 13.6. The van der Waals surface area contributed by atoms with Gasteiger partial charge < -0.3 is 0 Å². The summed E-state index contributed by atoms with van der Waals surface area (Å²) in [6.45, 7) is 0. The summed E-state index contributed by atoms with van der Waals surface area (Å²) in [7, 11) is 0. The van der Waals surface area contributed by atoms with Crippen molar-refractivity contribution in [1.29, 1.82) is 0 Å². The van der Waals surface area contributed by atoms with Gasteiger partial charge in [-0.1, -0.05) is 24.3 Å². The van der Waals surface area contributed by atoms with Gasteiger partial charge in [0.25, 0.3) is 11.4 Å². The van der Waals surface area contributed by atoms with Crippen LogP contribution in [-0.4, -0.2) is 21.4 Å². The summed E-state index contributed by atoms with van der Waals surface area (Å²) in [5, 5.41) is 22.0. The topological polar surface area (TPSA) is 120 Å². The monoisotopic (exact) mass is 298 g/mol. The summed E-state index contributed by atoms with van der Waals surface area (Å²) >= 11 is 0. The molecule has 0 aliphatic heterocycles. The Labute approximate surface area is 122 Å². The third-order valence-corrected chi connectivity index (χ3v) is 3.40. The molecule has 0 bridgehead atoms. The first-order chi connectivity index (χ1) is 10.4. The molecule has 0 aromatic heterocycles. The number of rotatable bonds is 2. The standard InChI is InChI=1S/C14H6N2O6/c17-13-8-3-1-2-4-9(8)14(18)12-10(13)5-7(15(19)20)6-11(12)16(21)22/h1-6H. The summed E-state index contributed by atoms with van der Waals surface area (Å²) in [6, 6.07) is 7.47. The molecule has 0 saturated carbocycles. The van der Waals surface area contributed by atoms with Crippen molar-refractivity contribution < 1.29 is 19.4 Å². The highest BCUT2D eigenvalue weighted by Gasteiger charge is 2.37. The van der Waals surface area contributed by atoms with Crippen LogP contribution in [0.25, 0.3) is 0 Å². The van der Waals surface area contributed by atoms with Crippen LogP contribution in [0.2, 0.25) is 0 Å². The zero-order valence-electron chi connectivity index (χ0n) is 10.8. The van der Waals surface area contributed by atoms with E-state index in [-0.39, 0.29) is 16.7 Å². The normalized spacial score (nSPS) is 12.5. The maximum Gasteiger partial charge on any atom is 0.288 e. The zero-order valence-corrected chi connectivity index (χ0v) is 10.8. The second-order valence-electron chi connectivity index (χ2n) is 4.61. The molecule has 0 saturated heterocycles. The van der Waals surface area contributed by atoms with Crippen LogP contribution in [0.5, 0.6) is 0 Å². The minimum atomic E-state index is -0.898. The first-order valence-corrected chi connectivity index (χ1v) is 6.07. The number of fused-ring (bicyclic) bond motifs is 2. The number of nitrogens with zero attached hydrogens (tertiary/aromatic N) is 2. The second-order valence-corrected chi connectivity index (χ2v) is 4.61. The van der Waals surface area contributed by atoms with Crippen LogP contribution < -0.4 is 0 Å². The Hall–Kier alpha value is -3.42. The number of hydrogen-bond donors (Lipinski definition) is 0. The van der Waals surface area contributed by atoms with E-state index in [2.05, 4.69) is 0 Å². The van der Waals surface area contributed by atoms with E-state index in [0.717, 1.165) is 6.07 Å². The lowest BCUT2D eigenvalue weighted by Crippen LogP contribution is -2.22. The third-order valence-electron chi connectivity index (χ3n) is 3.40. The Balaban J connectivity index is 2.39. The van der Waals surface area contributed by atoms with E-state index in [1.165, 1.54) is 18.2 Å². The molecule has 0 radical (unpaired) electrons. The molecule has 1 aliphatic carbocycles. The molecule has 0 N–H and O–H groups in total. The van der Waals surface area contributed by atoms with E-state index in [1.807, 2.05) is 0 Å². The van der Waals surface area contributed by atoms with Crippen LogP contribution in [0.15, 0.2) is 36.4 Å². The molecule has 108 valence electrons. The van der Waals surface area contributed by atoms with Crippen molar-refractivity contribution in [2.75, 3.05) is 0 Å². The Morgan fingerprint density at radius 3 is 1.91 bits per heavy atom. The van der Waals surface area contributed by atoms with Gasteiger partial charge in [0.2, 0.25) is 5.78 Å². The molecule has 8 nitrogen and oxygen atoms in total. The fourth-order valence-electron chi connectivity index (χ4n) is 2.44. The minimum absolute atomic E-state index is 0.0527. The lowest BCUT2D eigenvalue weighted by atomic mass is 9.83. The van der Waals surface area contributed by atoms with Crippen molar-refractivity contribution in [2.24, 2.45) is 0 Å². The lowest BCUT2D eigenvalue weighted by Gasteiger charge is -2.16. The molecular formula is C14H6N2O6. The number of nitro benzene ring substituents is 2. The van der Waals surface area contributed by atoms with Crippen molar-refractivity contribution >= 4 is 22.9 Å². The van der Waals surface area contributed by atoms with Crippen molar-refractivity contribution in [2.45, 2.75) is 0 Å². The van der Waals surface area contributed by atoms with Gasteiger partial charge in [-0.15, -0.1) is 0 Å². The predicted octanol–water partition coefficient (Wildman–Crippen LogP) is 2.28. The SMILES string of the molecule is O=C1c2ccccc2C(=O)c2c1cc([N+](=O)[O-])cc2[N+](=O)[O-]. The highest BCUT2D eigenvalue weighted by atomic mass is 16.6. The van der Waals surface area contributed by atoms with Gasteiger partial charge in [0.15, 0.2) is 5.78 Å². The largest absolute Gasteiger partial charge is 0.289 e. The summed E-state index contributed by atoms with van der Waals surface area (Å²) < 4.78 is 0. The van der Waals surface area contributed by atoms with Crippen LogP contribution in [0.3, 0.4) is 0 Å². The van der Waals surface area contributed by atoms with Gasteiger partial charge in [-0.3, -0.25) is 29.8 Å². The Morgan fingerprint density at radius 2 is 1.36 bits per heavy atom. The van der Waals surface area contributed by atoms with Gasteiger partial charge in [-0.2, -0.15) is 0 Å². The number of ketones is 2. The highest BCUT2D eigenvalue weighted by Crippen LogP contribution is 2.36. The average Bonchev–Trinajstić information content (AvgIpc) is 2.51. The molecule has 0 unspecified atom stereocenters. The molecule has 0 heterocycles. The van der Waals surface area contributed by atoms with Gasteiger partial charge in [0.1, 0.15) is 5.56 Å². The Kier molecular flexibility index (Phi) is 2.81. The number of benzene rings is 2. The molecule has 8 heteroatoms. The van der Waals surface area contributed by atoms with E-state index < -0.39 is 38.4 Å². The number of hydrogen-bond acceptors (Lipinski definition) is 6. The summed E-state index contributed by atoms with van der Waals surface area (Å²) in [5.41, 5.74) is -1.93. The first-order valence-electron chi connectivity index (χ1n) is 6.07. The predicted molar refractivity (Wildman–Crippen MR) is 73.1 cm³/mol. The van der Waals surface area contributed by atoms with Gasteiger partial charge in [-0.05, 0) is 0 Å². The van der Waals surface area contributed by atoms with Gasteiger partial charge in [-0.25, -0.2) is 0 Å². The maximum absolute atomic E-state index is 12.4. The van der Waals surface area contributed by atoms with E-state index in [1.54, 1.807) is 6.07 Å². The van der Waals surface area contributed by atoms with Crippen molar-refractivity contribution in [3.8, 4) is 0 Å². The van der Waals surface area contributed by atoms with E-state index in [4.69, 9.17) is 0 Å². The maximum atomic E-state index is 12.4. The average molecular weight is 298 g/mol. The molecule has 0 amide bonds. The van der Waals surface area contributed by atoms with Crippen LogP contribution in [-0.2, 0) is 0 Å². The number of non-ortho nitro benzene ring substituents is 1. The van der Waals surface area contributed by atoms with Crippen molar-refractivity contribution in [1.82, 2.24) is 0 Å². The van der Waals surface area contributed by atoms with E-state index in [9.17, 15) is 29.8 Å². The zero-order chi connectivity index (χ0) is 16.0. The number of nitro groups is 2. The quantitative estimate of drug-likeness (QED) is 0.528. The summed E-state index contributed by atoms with van der Waals surface area (Å²) in [5.74, 6) is -1.33. The molecule has 1 aliphatic rings. The molecular weight excluding hydrogens is 292 g/mol. The molecule has 0 spiro atoms. The van der Waals surface area contributed by atoms with Gasteiger partial charge >= 0.3 is 0 Å². The number of carbonyl (C=O) groups excluding carboxylic acids is 2. The number of carbonyl (C=O) groups is 2. The fourth-order valence-corrected chi connectivity index (χ4v) is 2.44. The van der Waals surface area contributed by atoms with E-state index >= 15 is 0 Å². The van der Waals surface area contributed by atoms with Gasteiger partial charge in [0.05, 0.1) is 15.9 Å². The third kappa shape index (κ3) is 1.78. The van der Waals surface area contributed by atoms with Crippen molar-refractivity contribution in [3.63, 3.8) is 0 Å². The smallest absolute Gasteiger partial charge is 0.288 e. The Bertz CT molecular complexity index is 887. The van der Waals surface area contributed by atoms with Crippen LogP contribution >= 0.6 is 0 Å². The molecule has 22 heavy (non-hydrogen) atoms. The second kappa shape index (κ2) is 4.55. The molecule has 2 aromatic rings. The van der Waals surface area contributed by atoms with Crippen LogP contribution in [0.4, 0.5) is 11.4 Å². The summed E-state index contributed by atoms with van der Waals surface area (Å²) in [4.78, 5) is 45.1. The van der Waals surface area contributed by atoms with Crippen LogP contribution in [0.1, 0.15) is 31.8 Å². The lowest BCUT2D eigenvalue weighted by molar-refractivity contribution is -0.394. The van der Waals surface area contributed by atoms with Gasteiger partial charge in [0, 0.05) is 22.8 Å². The van der Waals surface area contributed by atoms with E-state index in [0.29, 0.717) is 6.07 Å².